The number of halogens is 3. The van der Waals surface area contributed by atoms with Crippen molar-refractivity contribution in [2.45, 2.75) is 6.18 Å². The van der Waals surface area contributed by atoms with Gasteiger partial charge >= 0.3 is 43.9 Å². The topological polar surface area (TPSA) is 31.2 Å². The molecule has 0 unspecified atom stereocenters. The summed E-state index contributed by atoms with van der Waals surface area (Å²) in [4.78, 5) is 10.3. The number of para-hydroxylation sites is 1. The minimum atomic E-state index is -4.91. The summed E-state index contributed by atoms with van der Waals surface area (Å²) in [7, 11) is 0. The molecule has 1 aromatic carbocycles. The van der Waals surface area contributed by atoms with Crippen LogP contribution in [0.4, 0.5) is 18.9 Å². The second kappa shape index (κ2) is 7.03. The maximum atomic E-state index is 11.7. The zero-order chi connectivity index (χ0) is 9.90. The summed E-state index contributed by atoms with van der Waals surface area (Å²) in [5, 5.41) is 2.81. The number of carbonyl (C=O) groups excluding carboxylic acids is 1. The van der Waals surface area contributed by atoms with Gasteiger partial charge in [-0.15, -0.1) is 0 Å². The van der Waals surface area contributed by atoms with Gasteiger partial charge in [0.05, 0.1) is 0 Å². The smallest absolute Gasteiger partial charge is 0.640 e. The molecule has 0 spiro atoms. The van der Waals surface area contributed by atoms with E-state index >= 15 is 0 Å². The zero-order valence-electron chi connectivity index (χ0n) is 8.30. The Morgan fingerprint density at radius 2 is 1.87 bits per heavy atom. The third-order valence-corrected chi connectivity index (χ3v) is 1.16. The summed E-state index contributed by atoms with van der Waals surface area (Å²) in [6.45, 7) is 0. The van der Waals surface area contributed by atoms with Crippen molar-refractivity contribution < 1.29 is 55.7 Å². The molecule has 0 heterocycles. The van der Waals surface area contributed by atoms with Crippen molar-refractivity contribution in [3.63, 3.8) is 0 Å². The van der Waals surface area contributed by atoms with Gasteiger partial charge in [0.1, 0.15) is 0 Å². The first-order valence-corrected chi connectivity index (χ1v) is 3.30. The summed E-state index contributed by atoms with van der Waals surface area (Å²) in [6, 6.07) is 8.07. The van der Waals surface area contributed by atoms with Crippen LogP contribution in [-0.2, 0) is 4.79 Å². The molecule has 0 radical (unpaired) electrons. The standard InChI is InChI=1S/C8H5F3NO.2Li/c9-8(10,11)7(13)12-6-4-2-1-3-5-6;;/h1-4H,(H,12,13);;/q-1;2*+1/p-1. The van der Waals surface area contributed by atoms with E-state index in [1.165, 1.54) is 18.2 Å². The van der Waals surface area contributed by atoms with Crippen LogP contribution < -0.4 is 37.7 Å². The van der Waals surface area contributed by atoms with Gasteiger partial charge in [0.2, 0.25) is 0 Å². The molecular weight excluding hydrogens is 197 g/mol. The molecule has 0 N–H and O–H groups in total. The molecule has 0 aliphatic carbocycles. The first-order valence-electron chi connectivity index (χ1n) is 3.30. The van der Waals surface area contributed by atoms with E-state index in [-0.39, 0.29) is 43.4 Å². The fraction of sp³-hybridized carbons (Fsp3) is 0.125. The van der Waals surface area contributed by atoms with Gasteiger partial charge in [-0.2, -0.15) is 43.5 Å². The number of carbonyl (C=O) groups is 1. The molecule has 1 amide bonds. The van der Waals surface area contributed by atoms with E-state index < -0.39 is 12.1 Å². The van der Waals surface area contributed by atoms with E-state index in [0.717, 1.165) is 0 Å². The Morgan fingerprint density at radius 1 is 1.27 bits per heavy atom. The maximum absolute atomic E-state index is 11.7. The van der Waals surface area contributed by atoms with Crippen molar-refractivity contribution in [1.29, 1.82) is 0 Å². The van der Waals surface area contributed by atoms with Crippen molar-refractivity contribution >= 4 is 11.6 Å². The third kappa shape index (κ3) is 5.97. The van der Waals surface area contributed by atoms with Gasteiger partial charge in [0.25, 0.3) is 0 Å². The average Bonchev–Trinajstić information content (AvgIpc) is 2.04. The summed E-state index contributed by atoms with van der Waals surface area (Å²) >= 11 is 0. The van der Waals surface area contributed by atoms with Gasteiger partial charge in [0.15, 0.2) is 5.91 Å². The Balaban J connectivity index is 0. The maximum Gasteiger partial charge on any atom is 1.00 e. The molecule has 1 rings (SSSR count). The number of hydrogen-bond donors (Lipinski definition) is 0. The van der Waals surface area contributed by atoms with E-state index in [1.807, 2.05) is 0 Å². The summed E-state index contributed by atoms with van der Waals surface area (Å²) < 4.78 is 35.0. The van der Waals surface area contributed by atoms with Crippen LogP contribution in [0.15, 0.2) is 24.3 Å². The van der Waals surface area contributed by atoms with E-state index in [0.29, 0.717) is 0 Å². The molecule has 0 saturated heterocycles. The zero-order valence-corrected chi connectivity index (χ0v) is 8.30. The molecule has 0 fully saturated rings. The van der Waals surface area contributed by atoms with Crippen LogP contribution in [-0.4, -0.2) is 12.1 Å². The fourth-order valence-electron chi connectivity index (χ4n) is 0.626. The Bertz CT molecular complexity index is 303. The Kier molecular flexibility index (Phi) is 8.01. The van der Waals surface area contributed by atoms with Crippen LogP contribution in [0.25, 0.3) is 5.32 Å². The largest absolute Gasteiger partial charge is 1.00 e. The quantitative estimate of drug-likeness (QED) is 0.344. The van der Waals surface area contributed by atoms with Crippen molar-refractivity contribution in [3.8, 4) is 0 Å². The van der Waals surface area contributed by atoms with Crippen molar-refractivity contribution in [3.05, 3.63) is 35.6 Å². The van der Waals surface area contributed by atoms with Crippen LogP contribution in [0.2, 0.25) is 0 Å². The minimum Gasteiger partial charge on any atom is -0.640 e. The molecule has 0 atom stereocenters. The minimum absolute atomic E-state index is 0. The van der Waals surface area contributed by atoms with Crippen molar-refractivity contribution in [1.82, 2.24) is 0 Å². The molecular formula is C8H4F3Li2NO. The molecule has 2 nitrogen and oxygen atoms in total. The number of rotatable bonds is 1. The molecule has 1 aromatic rings. The summed E-state index contributed by atoms with van der Waals surface area (Å²) in [6.07, 6.45) is -4.91. The van der Waals surface area contributed by atoms with Crippen LogP contribution in [0.3, 0.4) is 0 Å². The van der Waals surface area contributed by atoms with Gasteiger partial charge in [-0.1, -0.05) is 0 Å². The third-order valence-electron chi connectivity index (χ3n) is 1.16. The van der Waals surface area contributed by atoms with Crippen LogP contribution in [0.1, 0.15) is 0 Å². The predicted molar refractivity (Wildman–Crippen MR) is 39.4 cm³/mol. The van der Waals surface area contributed by atoms with Gasteiger partial charge < -0.3 is 10.1 Å². The first kappa shape index (κ1) is 17.1. The predicted octanol–water partition coefficient (Wildman–Crippen LogP) is -3.41. The van der Waals surface area contributed by atoms with Crippen LogP contribution >= 0.6 is 0 Å². The second-order valence-corrected chi connectivity index (χ2v) is 2.16. The van der Waals surface area contributed by atoms with E-state index in [4.69, 9.17) is 0 Å². The van der Waals surface area contributed by atoms with Gasteiger partial charge in [-0.05, 0) is 0 Å². The first-order chi connectivity index (χ1) is 6.00. The normalized spacial score (nSPS) is 9.53. The number of nitrogens with zero attached hydrogens (tertiary/aromatic N) is 1. The molecule has 0 aliphatic heterocycles. The van der Waals surface area contributed by atoms with E-state index in [2.05, 4.69) is 11.4 Å². The number of benzene rings is 1. The molecule has 0 aromatic heterocycles. The molecule has 0 saturated carbocycles. The summed E-state index contributed by atoms with van der Waals surface area (Å²) in [5.41, 5.74) is -0.121. The van der Waals surface area contributed by atoms with E-state index in [1.54, 1.807) is 6.07 Å². The monoisotopic (exact) mass is 201 g/mol. The van der Waals surface area contributed by atoms with Crippen LogP contribution in [0.5, 0.6) is 0 Å². The second-order valence-electron chi connectivity index (χ2n) is 2.16. The van der Waals surface area contributed by atoms with Gasteiger partial charge in [-0.25, -0.2) is 0 Å². The van der Waals surface area contributed by atoms with Gasteiger partial charge in [0, 0.05) is 0 Å². The molecule has 15 heavy (non-hydrogen) atoms. The Hall–Kier alpha value is -0.325. The molecule has 0 aliphatic rings. The van der Waals surface area contributed by atoms with Gasteiger partial charge in [-0.3, -0.25) is 5.69 Å². The van der Waals surface area contributed by atoms with Crippen molar-refractivity contribution in [2.75, 3.05) is 0 Å². The van der Waals surface area contributed by atoms with E-state index in [9.17, 15) is 18.0 Å². The van der Waals surface area contributed by atoms with Crippen LogP contribution in [0, 0.1) is 6.07 Å². The summed E-state index contributed by atoms with van der Waals surface area (Å²) in [5.74, 6) is -2.12. The Morgan fingerprint density at radius 3 is 2.27 bits per heavy atom. The fourth-order valence-corrected chi connectivity index (χ4v) is 0.626. The number of alkyl halides is 3. The van der Waals surface area contributed by atoms with Crippen molar-refractivity contribution in [2.24, 2.45) is 0 Å². The average molecular weight is 201 g/mol. The molecule has 7 heteroatoms. The SMILES string of the molecule is O=C([N-]c1[c-]cccc1)C(F)(F)F.[Li+].[Li+]. The molecule has 70 valence electrons. The Labute approximate surface area is 109 Å². The number of hydrogen-bond acceptors (Lipinski definition) is 1. The number of amides is 1. The molecule has 0 bridgehead atoms.